The van der Waals surface area contributed by atoms with Gasteiger partial charge in [-0.05, 0) is 39.0 Å². The Balaban J connectivity index is 4.62. The van der Waals surface area contributed by atoms with Crippen molar-refractivity contribution in [1.29, 1.82) is 0 Å². The fraction of sp³-hybridized carbons (Fsp3) is 0.933. The van der Waals surface area contributed by atoms with E-state index < -0.39 is 0 Å². The molecule has 0 bridgehead atoms. The first-order valence-electron chi connectivity index (χ1n) is 7.13. The highest BCUT2D eigenvalue weighted by Crippen LogP contribution is 2.22. The molecular weight excluding hydrogens is 210 g/mol. The van der Waals surface area contributed by atoms with Gasteiger partial charge in [-0.3, -0.25) is 4.79 Å². The first-order chi connectivity index (χ1) is 7.82. The molecule has 1 unspecified atom stereocenters. The van der Waals surface area contributed by atoms with Crippen LogP contribution in [0, 0.1) is 11.8 Å². The Morgan fingerprint density at radius 3 is 1.88 bits per heavy atom. The largest absolute Gasteiger partial charge is 0.302 e. The fourth-order valence-corrected chi connectivity index (χ4v) is 2.29. The van der Waals surface area contributed by atoms with Crippen molar-refractivity contribution in [3.8, 4) is 0 Å². The van der Waals surface area contributed by atoms with Crippen LogP contribution in [-0.2, 0) is 4.79 Å². The van der Waals surface area contributed by atoms with E-state index in [-0.39, 0.29) is 17.5 Å². The van der Waals surface area contributed by atoms with Crippen molar-refractivity contribution in [1.82, 2.24) is 5.32 Å². The maximum absolute atomic E-state index is 12.3. The lowest BCUT2D eigenvalue weighted by molar-refractivity contribution is -0.125. The summed E-state index contributed by atoms with van der Waals surface area (Å²) in [4.78, 5) is 12.3. The van der Waals surface area contributed by atoms with Crippen LogP contribution in [0.1, 0.15) is 67.7 Å². The molecule has 0 rings (SSSR count). The van der Waals surface area contributed by atoms with Crippen molar-refractivity contribution in [3.63, 3.8) is 0 Å². The van der Waals surface area contributed by atoms with Crippen molar-refractivity contribution >= 4 is 5.78 Å². The topological polar surface area (TPSA) is 29.1 Å². The zero-order chi connectivity index (χ0) is 13.6. The molecule has 0 aromatic heterocycles. The van der Waals surface area contributed by atoms with Crippen LogP contribution in [0.3, 0.4) is 0 Å². The zero-order valence-electron chi connectivity index (χ0n) is 12.8. The summed E-state index contributed by atoms with van der Waals surface area (Å²) < 4.78 is 0. The number of nitrogens with one attached hydrogen (secondary N) is 1. The van der Waals surface area contributed by atoms with Crippen molar-refractivity contribution in [2.24, 2.45) is 11.8 Å². The van der Waals surface area contributed by atoms with Crippen LogP contribution in [0.2, 0.25) is 0 Å². The second kappa shape index (κ2) is 7.15. The molecule has 0 aromatic rings. The minimum Gasteiger partial charge on any atom is -0.302 e. The van der Waals surface area contributed by atoms with E-state index >= 15 is 0 Å². The highest BCUT2D eigenvalue weighted by molar-refractivity contribution is 5.85. The first kappa shape index (κ1) is 16.6. The molecule has 17 heavy (non-hydrogen) atoms. The molecule has 0 heterocycles. The predicted octanol–water partition coefficient (Wildman–Crippen LogP) is 3.79. The van der Waals surface area contributed by atoms with Crippen LogP contribution >= 0.6 is 0 Å². The number of carbonyl (C=O) groups is 1. The molecule has 0 saturated carbocycles. The van der Waals surface area contributed by atoms with Gasteiger partial charge in [0.2, 0.25) is 0 Å². The van der Waals surface area contributed by atoms with Gasteiger partial charge < -0.3 is 5.32 Å². The van der Waals surface area contributed by atoms with Gasteiger partial charge in [-0.15, -0.1) is 0 Å². The Morgan fingerprint density at radius 1 is 1.12 bits per heavy atom. The molecule has 0 fully saturated rings. The SMILES string of the molecule is CCC(CC)C(=O)[C@H](C)NC(C)(CC)C(C)C. The van der Waals surface area contributed by atoms with E-state index in [1.54, 1.807) is 0 Å². The molecule has 2 heteroatoms. The minimum atomic E-state index is -0.0350. The first-order valence-corrected chi connectivity index (χ1v) is 7.13. The highest BCUT2D eigenvalue weighted by Gasteiger charge is 2.31. The van der Waals surface area contributed by atoms with E-state index in [1.165, 1.54) is 0 Å². The van der Waals surface area contributed by atoms with Crippen LogP contribution in [0.15, 0.2) is 0 Å². The molecule has 0 aliphatic rings. The van der Waals surface area contributed by atoms with E-state index in [0.717, 1.165) is 19.3 Å². The molecule has 0 amide bonds. The van der Waals surface area contributed by atoms with Gasteiger partial charge in [-0.2, -0.15) is 0 Å². The number of hydrogen-bond donors (Lipinski definition) is 1. The van der Waals surface area contributed by atoms with Crippen LogP contribution in [0.5, 0.6) is 0 Å². The van der Waals surface area contributed by atoms with Gasteiger partial charge in [-0.25, -0.2) is 0 Å². The number of rotatable bonds is 8. The Kier molecular flexibility index (Phi) is 6.99. The molecule has 0 aliphatic carbocycles. The van der Waals surface area contributed by atoms with Crippen molar-refractivity contribution in [3.05, 3.63) is 0 Å². The Labute approximate surface area is 108 Å². The molecule has 0 saturated heterocycles. The fourth-order valence-electron chi connectivity index (χ4n) is 2.29. The highest BCUT2D eigenvalue weighted by atomic mass is 16.1. The third kappa shape index (κ3) is 4.42. The molecule has 0 aliphatic heterocycles. The Bertz CT molecular complexity index is 233. The van der Waals surface area contributed by atoms with Gasteiger partial charge in [0.1, 0.15) is 0 Å². The summed E-state index contributed by atoms with van der Waals surface area (Å²) in [6.07, 6.45) is 2.95. The summed E-state index contributed by atoms with van der Waals surface area (Å²) in [5, 5.41) is 3.54. The monoisotopic (exact) mass is 241 g/mol. The average Bonchev–Trinajstić information content (AvgIpc) is 2.29. The molecule has 102 valence electrons. The maximum atomic E-state index is 12.3. The van der Waals surface area contributed by atoms with Gasteiger partial charge in [0.15, 0.2) is 5.78 Å². The Hall–Kier alpha value is -0.370. The molecular formula is C15H31NO. The van der Waals surface area contributed by atoms with Crippen LogP contribution in [0.4, 0.5) is 0 Å². The average molecular weight is 241 g/mol. The lowest BCUT2D eigenvalue weighted by Crippen LogP contribution is -2.53. The zero-order valence-corrected chi connectivity index (χ0v) is 12.8. The molecule has 2 nitrogen and oxygen atoms in total. The number of carbonyl (C=O) groups excluding carboxylic acids is 1. The quantitative estimate of drug-likeness (QED) is 0.700. The summed E-state index contributed by atoms with van der Waals surface area (Å²) in [6, 6.07) is -0.0350. The summed E-state index contributed by atoms with van der Waals surface area (Å²) in [7, 11) is 0. The van der Waals surface area contributed by atoms with Crippen LogP contribution in [0.25, 0.3) is 0 Å². The van der Waals surface area contributed by atoms with E-state index in [9.17, 15) is 4.79 Å². The second-order valence-corrected chi connectivity index (χ2v) is 5.71. The summed E-state index contributed by atoms with van der Waals surface area (Å²) >= 11 is 0. The van der Waals surface area contributed by atoms with Gasteiger partial charge in [0.05, 0.1) is 6.04 Å². The van der Waals surface area contributed by atoms with E-state index in [2.05, 4.69) is 46.9 Å². The molecule has 0 spiro atoms. The third-order valence-electron chi connectivity index (χ3n) is 4.37. The lowest BCUT2D eigenvalue weighted by atomic mass is 9.84. The Morgan fingerprint density at radius 2 is 1.59 bits per heavy atom. The van der Waals surface area contributed by atoms with E-state index in [1.807, 2.05) is 6.92 Å². The van der Waals surface area contributed by atoms with Gasteiger partial charge >= 0.3 is 0 Å². The molecule has 0 radical (unpaired) electrons. The van der Waals surface area contributed by atoms with Gasteiger partial charge in [0.25, 0.3) is 0 Å². The molecule has 2 atom stereocenters. The predicted molar refractivity (Wildman–Crippen MR) is 75.2 cm³/mol. The standard InChI is InChI=1S/C15H31NO/c1-8-13(9-2)14(17)12(6)16-15(7,10-3)11(4)5/h11-13,16H,8-10H2,1-7H3/t12-,15?/m0/s1. The van der Waals surface area contributed by atoms with Crippen LogP contribution < -0.4 is 5.32 Å². The van der Waals surface area contributed by atoms with Gasteiger partial charge in [0, 0.05) is 11.5 Å². The summed E-state index contributed by atoms with van der Waals surface area (Å²) in [6.45, 7) is 15.0. The maximum Gasteiger partial charge on any atom is 0.152 e. The number of hydrogen-bond acceptors (Lipinski definition) is 2. The number of Topliss-reactive ketones (excluding diaryl/α,β-unsaturated/α-hetero) is 1. The molecule has 0 aromatic carbocycles. The minimum absolute atomic E-state index is 0.0350. The van der Waals surface area contributed by atoms with Gasteiger partial charge in [-0.1, -0.05) is 34.6 Å². The normalized spacial score (nSPS) is 17.2. The summed E-state index contributed by atoms with van der Waals surface area (Å²) in [5.41, 5.74) is 0.0567. The van der Waals surface area contributed by atoms with E-state index in [4.69, 9.17) is 0 Å². The summed E-state index contributed by atoms with van der Waals surface area (Å²) in [5.74, 6) is 1.12. The van der Waals surface area contributed by atoms with Crippen molar-refractivity contribution < 1.29 is 4.79 Å². The van der Waals surface area contributed by atoms with Crippen molar-refractivity contribution in [2.45, 2.75) is 79.3 Å². The van der Waals surface area contributed by atoms with E-state index in [0.29, 0.717) is 11.7 Å². The number of ketones is 1. The molecule has 1 N–H and O–H groups in total. The smallest absolute Gasteiger partial charge is 0.152 e. The van der Waals surface area contributed by atoms with Crippen molar-refractivity contribution in [2.75, 3.05) is 0 Å². The second-order valence-electron chi connectivity index (χ2n) is 5.71. The lowest BCUT2D eigenvalue weighted by Gasteiger charge is -2.37. The third-order valence-corrected chi connectivity index (χ3v) is 4.37. The van der Waals surface area contributed by atoms with Crippen LogP contribution in [-0.4, -0.2) is 17.4 Å².